The third-order valence-electron chi connectivity index (χ3n) is 1.89. The average Bonchev–Trinajstić information content (AvgIpc) is 2.18. The van der Waals surface area contributed by atoms with Crippen molar-refractivity contribution in [3.05, 3.63) is 24.3 Å². The van der Waals surface area contributed by atoms with Crippen molar-refractivity contribution in [2.45, 2.75) is 28.8 Å². The number of halogens is 3. The molecule has 1 aromatic carbocycles. The summed E-state index contributed by atoms with van der Waals surface area (Å²) in [7, 11) is 0. The second-order valence-corrected chi connectivity index (χ2v) is 6.82. The summed E-state index contributed by atoms with van der Waals surface area (Å²) >= 11 is 3.62. The summed E-state index contributed by atoms with van der Waals surface area (Å²) in [5.74, 6) is -2.79. The number of alkyl halides is 3. The molecule has 0 aromatic heterocycles. The molecule has 0 aliphatic heterocycles. The van der Waals surface area contributed by atoms with Gasteiger partial charge < -0.3 is 5.32 Å². The first kappa shape index (κ1) is 14.4. The molecule has 17 heavy (non-hydrogen) atoms. The molecule has 2 nitrogen and oxygen atoms in total. The Kier molecular flexibility index (Phi) is 4.94. The minimum atomic E-state index is -2.51. The molecule has 0 aliphatic rings. The molecule has 0 aliphatic carbocycles. The third kappa shape index (κ3) is 4.63. The highest BCUT2D eigenvalue weighted by atomic mass is 79.9. The Morgan fingerprint density at radius 2 is 2.00 bits per heavy atom. The average molecular weight is 324 g/mol. The summed E-state index contributed by atoms with van der Waals surface area (Å²) in [4.78, 5) is 12.1. The number of benzene rings is 1. The van der Waals surface area contributed by atoms with Crippen LogP contribution in [0.4, 0.5) is 14.5 Å². The Morgan fingerprint density at radius 1 is 1.41 bits per heavy atom. The molecule has 0 heterocycles. The van der Waals surface area contributed by atoms with Crippen LogP contribution in [0, 0.1) is 0 Å². The van der Waals surface area contributed by atoms with E-state index in [0.717, 1.165) is 0 Å². The maximum Gasteiger partial charge on any atom is 0.288 e. The Hall–Kier alpha value is -0.620. The number of anilines is 1. The fourth-order valence-corrected chi connectivity index (χ4v) is 1.73. The standard InChI is InChI=1S/C11H12BrF2NOS/c1-11(2,12)9(16)15-7-5-3-4-6-8(7)17-10(13)14/h3-6,10H,1-2H3,(H,15,16). The van der Waals surface area contributed by atoms with Gasteiger partial charge in [0, 0.05) is 4.90 Å². The highest BCUT2D eigenvalue weighted by molar-refractivity contribution is 9.10. The lowest BCUT2D eigenvalue weighted by Crippen LogP contribution is -2.31. The second-order valence-electron chi connectivity index (χ2n) is 3.80. The molecule has 0 unspecified atom stereocenters. The maximum absolute atomic E-state index is 12.3. The van der Waals surface area contributed by atoms with Crippen LogP contribution < -0.4 is 5.32 Å². The first-order chi connectivity index (χ1) is 7.80. The van der Waals surface area contributed by atoms with E-state index in [-0.39, 0.29) is 5.91 Å². The van der Waals surface area contributed by atoms with E-state index in [2.05, 4.69) is 21.2 Å². The SMILES string of the molecule is CC(C)(Br)C(=O)Nc1ccccc1SC(F)F. The number of nitrogens with one attached hydrogen (secondary N) is 1. The zero-order valence-electron chi connectivity index (χ0n) is 9.34. The number of hydrogen-bond acceptors (Lipinski definition) is 2. The normalized spacial score (nSPS) is 11.6. The number of thioether (sulfide) groups is 1. The van der Waals surface area contributed by atoms with Crippen LogP contribution in [0.2, 0.25) is 0 Å². The van der Waals surface area contributed by atoms with Crippen molar-refractivity contribution in [1.29, 1.82) is 0 Å². The van der Waals surface area contributed by atoms with Crippen molar-refractivity contribution in [3.63, 3.8) is 0 Å². The fraction of sp³-hybridized carbons (Fsp3) is 0.364. The van der Waals surface area contributed by atoms with E-state index in [1.807, 2.05) is 0 Å². The van der Waals surface area contributed by atoms with E-state index in [9.17, 15) is 13.6 Å². The Balaban J connectivity index is 2.87. The number of amides is 1. The van der Waals surface area contributed by atoms with Crippen molar-refractivity contribution < 1.29 is 13.6 Å². The van der Waals surface area contributed by atoms with Gasteiger partial charge >= 0.3 is 0 Å². The number of rotatable bonds is 4. The highest BCUT2D eigenvalue weighted by Crippen LogP contribution is 2.32. The molecule has 1 N–H and O–H groups in total. The molecule has 0 bridgehead atoms. The van der Waals surface area contributed by atoms with E-state index in [4.69, 9.17) is 0 Å². The quantitative estimate of drug-likeness (QED) is 0.667. The minimum Gasteiger partial charge on any atom is -0.324 e. The zero-order chi connectivity index (χ0) is 13.1. The summed E-state index contributed by atoms with van der Waals surface area (Å²) in [5, 5.41) is 2.62. The molecule has 1 aromatic rings. The van der Waals surface area contributed by atoms with Gasteiger partial charge in [0.1, 0.15) is 0 Å². The van der Waals surface area contributed by atoms with E-state index in [1.54, 1.807) is 38.1 Å². The lowest BCUT2D eigenvalue weighted by Gasteiger charge is -2.17. The van der Waals surface area contributed by atoms with Crippen LogP contribution in [0.25, 0.3) is 0 Å². The van der Waals surface area contributed by atoms with E-state index >= 15 is 0 Å². The van der Waals surface area contributed by atoms with Gasteiger partial charge in [-0.2, -0.15) is 8.78 Å². The Morgan fingerprint density at radius 3 is 2.53 bits per heavy atom. The molecule has 6 heteroatoms. The smallest absolute Gasteiger partial charge is 0.288 e. The summed E-state index contributed by atoms with van der Waals surface area (Å²) in [6.07, 6.45) is 0. The van der Waals surface area contributed by atoms with Gasteiger partial charge in [0.15, 0.2) is 0 Å². The van der Waals surface area contributed by atoms with Crippen molar-refractivity contribution in [2.75, 3.05) is 5.32 Å². The number of para-hydroxylation sites is 1. The van der Waals surface area contributed by atoms with Crippen molar-refractivity contribution in [1.82, 2.24) is 0 Å². The molecular weight excluding hydrogens is 312 g/mol. The largest absolute Gasteiger partial charge is 0.324 e. The number of carbonyl (C=O) groups is 1. The number of carbonyl (C=O) groups excluding carboxylic acids is 1. The molecule has 94 valence electrons. The van der Waals surface area contributed by atoms with Gasteiger partial charge in [-0.3, -0.25) is 4.79 Å². The van der Waals surface area contributed by atoms with Crippen molar-refractivity contribution in [3.8, 4) is 0 Å². The molecule has 1 amide bonds. The van der Waals surface area contributed by atoms with Crippen molar-refractivity contribution >= 4 is 39.3 Å². The zero-order valence-corrected chi connectivity index (χ0v) is 11.7. The Bertz CT molecular complexity index is 407. The summed E-state index contributed by atoms with van der Waals surface area (Å²) in [5.41, 5.74) is 0.398. The van der Waals surface area contributed by atoms with Crippen LogP contribution in [-0.2, 0) is 4.79 Å². The molecular formula is C11H12BrF2NOS. The van der Waals surface area contributed by atoms with Gasteiger partial charge in [-0.1, -0.05) is 39.8 Å². The summed E-state index contributed by atoms with van der Waals surface area (Å²) in [6.45, 7) is 3.37. The van der Waals surface area contributed by atoms with Gasteiger partial charge in [-0.15, -0.1) is 0 Å². The summed E-state index contributed by atoms with van der Waals surface area (Å²) < 4.78 is 23.9. The predicted molar refractivity (Wildman–Crippen MR) is 69.9 cm³/mol. The molecule has 0 fully saturated rings. The van der Waals surface area contributed by atoms with Gasteiger partial charge in [0.2, 0.25) is 5.91 Å². The lowest BCUT2D eigenvalue weighted by molar-refractivity contribution is -0.117. The van der Waals surface area contributed by atoms with E-state index in [0.29, 0.717) is 22.3 Å². The molecule has 0 spiro atoms. The van der Waals surface area contributed by atoms with Gasteiger partial charge in [-0.05, 0) is 26.0 Å². The van der Waals surface area contributed by atoms with Gasteiger partial charge in [-0.25, -0.2) is 0 Å². The second kappa shape index (κ2) is 5.82. The molecule has 0 atom stereocenters. The van der Waals surface area contributed by atoms with Crippen LogP contribution in [0.1, 0.15) is 13.8 Å². The van der Waals surface area contributed by atoms with Crippen LogP contribution in [0.15, 0.2) is 29.2 Å². The summed E-state index contributed by atoms with van der Waals surface area (Å²) in [6, 6.07) is 6.49. The third-order valence-corrected chi connectivity index (χ3v) is 3.04. The fourth-order valence-electron chi connectivity index (χ4n) is 1.04. The van der Waals surface area contributed by atoms with E-state index in [1.165, 1.54) is 0 Å². The van der Waals surface area contributed by atoms with E-state index < -0.39 is 10.1 Å². The van der Waals surface area contributed by atoms with Crippen molar-refractivity contribution in [2.24, 2.45) is 0 Å². The Labute approximate surface area is 111 Å². The predicted octanol–water partition coefficient (Wildman–Crippen LogP) is 4.11. The van der Waals surface area contributed by atoms with Gasteiger partial charge in [0.25, 0.3) is 5.76 Å². The molecule has 1 rings (SSSR count). The first-order valence-corrected chi connectivity index (χ1v) is 6.52. The minimum absolute atomic E-state index is 0.278. The topological polar surface area (TPSA) is 29.1 Å². The monoisotopic (exact) mass is 323 g/mol. The lowest BCUT2D eigenvalue weighted by atomic mass is 10.2. The first-order valence-electron chi connectivity index (χ1n) is 4.85. The molecule has 0 saturated heterocycles. The molecule has 0 radical (unpaired) electrons. The maximum atomic E-state index is 12.3. The van der Waals surface area contributed by atoms with Crippen LogP contribution in [-0.4, -0.2) is 16.0 Å². The van der Waals surface area contributed by atoms with Crippen LogP contribution in [0.5, 0.6) is 0 Å². The van der Waals surface area contributed by atoms with Crippen LogP contribution in [0.3, 0.4) is 0 Å². The highest BCUT2D eigenvalue weighted by Gasteiger charge is 2.24. The molecule has 0 saturated carbocycles. The number of hydrogen-bond donors (Lipinski definition) is 1. The van der Waals surface area contributed by atoms with Crippen LogP contribution >= 0.6 is 27.7 Å². The van der Waals surface area contributed by atoms with Gasteiger partial charge in [0.05, 0.1) is 10.0 Å².